The Labute approximate surface area is 157 Å². The first kappa shape index (κ1) is 18.1. The molecule has 3 aromatic rings. The van der Waals surface area contributed by atoms with Gasteiger partial charge in [0, 0.05) is 21.7 Å². The molecule has 26 heavy (non-hydrogen) atoms. The van der Waals surface area contributed by atoms with Crippen LogP contribution in [-0.4, -0.2) is 10.9 Å². The molecule has 8 heteroatoms. The maximum Gasteiger partial charge on any atom is 0.256 e. The van der Waals surface area contributed by atoms with E-state index in [1.165, 1.54) is 24.3 Å². The van der Waals surface area contributed by atoms with Gasteiger partial charge in [-0.05, 0) is 48.5 Å². The Bertz CT molecular complexity index is 994. The van der Waals surface area contributed by atoms with Gasteiger partial charge in [-0.15, -0.1) is 0 Å². The second-order valence-electron chi connectivity index (χ2n) is 5.31. The average Bonchev–Trinajstić information content (AvgIpc) is 2.61. The quantitative estimate of drug-likeness (QED) is 0.603. The number of nitrogens with one attached hydrogen (secondary N) is 1. The van der Waals surface area contributed by atoms with E-state index < -0.39 is 17.5 Å². The molecular formula is C18H11Cl2F2N3O. The van der Waals surface area contributed by atoms with Gasteiger partial charge in [0.1, 0.15) is 11.6 Å². The van der Waals surface area contributed by atoms with E-state index in [-0.39, 0.29) is 27.8 Å². The van der Waals surface area contributed by atoms with Crippen LogP contribution in [0.1, 0.15) is 10.4 Å². The monoisotopic (exact) mass is 393 g/mol. The van der Waals surface area contributed by atoms with Crippen molar-refractivity contribution in [3.8, 4) is 11.1 Å². The molecule has 0 radical (unpaired) electrons. The predicted octanol–water partition coefficient (Wildman–Crippen LogP) is 5.17. The number of amides is 1. The van der Waals surface area contributed by atoms with Crippen LogP contribution in [0.5, 0.6) is 0 Å². The Morgan fingerprint density at radius 3 is 2.23 bits per heavy atom. The molecule has 0 aliphatic heterocycles. The molecule has 0 atom stereocenters. The Morgan fingerprint density at radius 2 is 1.58 bits per heavy atom. The van der Waals surface area contributed by atoms with Gasteiger partial charge in [0.2, 0.25) is 0 Å². The number of benzene rings is 2. The van der Waals surface area contributed by atoms with Crippen molar-refractivity contribution in [1.82, 2.24) is 4.98 Å². The Hall–Kier alpha value is -2.70. The largest absolute Gasteiger partial charge is 0.383 e. The molecule has 3 rings (SSSR count). The smallest absolute Gasteiger partial charge is 0.256 e. The highest BCUT2D eigenvalue weighted by Gasteiger charge is 2.17. The zero-order valence-corrected chi connectivity index (χ0v) is 14.6. The van der Waals surface area contributed by atoms with Crippen LogP contribution in [0.2, 0.25) is 10.0 Å². The third-order valence-electron chi connectivity index (χ3n) is 3.60. The van der Waals surface area contributed by atoms with Crippen LogP contribution in [-0.2, 0) is 0 Å². The number of hydrogen-bond acceptors (Lipinski definition) is 3. The third-order valence-corrected chi connectivity index (χ3v) is 4.14. The zero-order valence-electron chi connectivity index (χ0n) is 13.1. The first-order valence-electron chi connectivity index (χ1n) is 7.34. The summed E-state index contributed by atoms with van der Waals surface area (Å²) in [5.74, 6) is -2.60. The fraction of sp³-hybridized carbons (Fsp3) is 0. The van der Waals surface area contributed by atoms with Gasteiger partial charge >= 0.3 is 0 Å². The number of carbonyl (C=O) groups is 1. The van der Waals surface area contributed by atoms with Crippen LogP contribution in [0.15, 0.2) is 48.5 Å². The highest BCUT2D eigenvalue weighted by Crippen LogP contribution is 2.32. The lowest BCUT2D eigenvalue weighted by atomic mass is 10.1. The lowest BCUT2D eigenvalue weighted by molar-refractivity contribution is 0.102. The maximum absolute atomic E-state index is 14.1. The Balaban J connectivity index is 1.87. The van der Waals surface area contributed by atoms with Gasteiger partial charge < -0.3 is 11.1 Å². The summed E-state index contributed by atoms with van der Waals surface area (Å²) in [7, 11) is 0. The summed E-state index contributed by atoms with van der Waals surface area (Å²) in [5, 5.41) is 2.75. The van der Waals surface area contributed by atoms with Crippen molar-refractivity contribution in [3.05, 3.63) is 75.8 Å². The fourth-order valence-corrected chi connectivity index (χ4v) is 2.57. The number of pyridine rings is 1. The molecule has 2 aromatic carbocycles. The van der Waals surface area contributed by atoms with Gasteiger partial charge in [-0.1, -0.05) is 23.2 Å². The normalized spacial score (nSPS) is 10.6. The molecule has 0 saturated carbocycles. The average molecular weight is 394 g/mol. The molecular weight excluding hydrogens is 383 g/mol. The molecule has 1 amide bonds. The number of nitrogen functional groups attached to an aromatic ring is 1. The predicted molar refractivity (Wildman–Crippen MR) is 98.4 cm³/mol. The van der Waals surface area contributed by atoms with E-state index in [0.29, 0.717) is 10.6 Å². The highest BCUT2D eigenvalue weighted by molar-refractivity contribution is 6.31. The minimum atomic E-state index is -1.16. The first-order chi connectivity index (χ1) is 12.4. The van der Waals surface area contributed by atoms with Crippen molar-refractivity contribution in [2.24, 2.45) is 0 Å². The topological polar surface area (TPSA) is 68.0 Å². The van der Waals surface area contributed by atoms with E-state index in [0.717, 1.165) is 0 Å². The molecule has 0 aliphatic rings. The Morgan fingerprint density at radius 1 is 0.923 bits per heavy atom. The number of hydrogen-bond donors (Lipinski definition) is 2. The van der Waals surface area contributed by atoms with Crippen molar-refractivity contribution < 1.29 is 13.6 Å². The molecule has 0 aliphatic carbocycles. The van der Waals surface area contributed by atoms with Crippen molar-refractivity contribution in [1.29, 1.82) is 0 Å². The molecule has 1 aromatic heterocycles. The number of carbonyl (C=O) groups excluding carboxylic acids is 1. The van der Waals surface area contributed by atoms with Gasteiger partial charge in [0.05, 0.1) is 5.02 Å². The molecule has 0 spiro atoms. The third kappa shape index (κ3) is 3.61. The molecule has 0 unspecified atom stereocenters. The lowest BCUT2D eigenvalue weighted by Gasteiger charge is -2.10. The summed E-state index contributed by atoms with van der Waals surface area (Å²) in [6.45, 7) is 0. The van der Waals surface area contributed by atoms with Crippen LogP contribution >= 0.6 is 23.2 Å². The molecule has 0 saturated heterocycles. The van der Waals surface area contributed by atoms with E-state index in [1.54, 1.807) is 24.3 Å². The van der Waals surface area contributed by atoms with Crippen LogP contribution in [0.25, 0.3) is 11.1 Å². The first-order valence-corrected chi connectivity index (χ1v) is 8.09. The minimum absolute atomic E-state index is 0.0699. The van der Waals surface area contributed by atoms with Gasteiger partial charge in [0.15, 0.2) is 11.6 Å². The van der Waals surface area contributed by atoms with Gasteiger partial charge in [-0.3, -0.25) is 4.79 Å². The highest BCUT2D eigenvalue weighted by atomic mass is 35.5. The summed E-state index contributed by atoms with van der Waals surface area (Å²) >= 11 is 11.3. The summed E-state index contributed by atoms with van der Waals surface area (Å²) in [6, 6.07) is 11.7. The molecule has 0 fully saturated rings. The van der Waals surface area contributed by atoms with E-state index in [4.69, 9.17) is 28.9 Å². The molecule has 3 N–H and O–H groups in total. The van der Waals surface area contributed by atoms with Crippen LogP contribution in [0.4, 0.5) is 20.4 Å². The van der Waals surface area contributed by atoms with Crippen molar-refractivity contribution in [2.75, 3.05) is 11.1 Å². The lowest BCUT2D eigenvalue weighted by Crippen LogP contribution is -2.13. The Kier molecular flexibility index (Phi) is 5.06. The van der Waals surface area contributed by atoms with Gasteiger partial charge in [0.25, 0.3) is 5.91 Å². The number of nitrogens with zero attached hydrogens (tertiary/aromatic N) is 1. The second-order valence-corrected chi connectivity index (χ2v) is 6.16. The van der Waals surface area contributed by atoms with Gasteiger partial charge in [-0.25, -0.2) is 13.8 Å². The summed E-state index contributed by atoms with van der Waals surface area (Å²) in [6.07, 6.45) is 0. The van der Waals surface area contributed by atoms with E-state index in [9.17, 15) is 13.6 Å². The minimum Gasteiger partial charge on any atom is -0.383 e. The van der Waals surface area contributed by atoms with E-state index >= 15 is 0 Å². The van der Waals surface area contributed by atoms with Crippen LogP contribution in [0.3, 0.4) is 0 Å². The maximum atomic E-state index is 14.1. The van der Waals surface area contributed by atoms with E-state index in [2.05, 4.69) is 10.3 Å². The molecule has 0 bridgehead atoms. The SMILES string of the molecule is Nc1nc(NC(=O)c2ccc(Cl)cc2)ccc1-c1ccc(Cl)c(F)c1F. The number of rotatable bonds is 3. The number of halogens is 4. The van der Waals surface area contributed by atoms with Crippen molar-refractivity contribution in [2.45, 2.75) is 0 Å². The number of nitrogens with two attached hydrogens (primary N) is 1. The number of aromatic nitrogens is 1. The summed E-state index contributed by atoms with van der Waals surface area (Å²) in [4.78, 5) is 16.2. The molecule has 1 heterocycles. The van der Waals surface area contributed by atoms with Crippen molar-refractivity contribution >= 4 is 40.7 Å². The van der Waals surface area contributed by atoms with Crippen molar-refractivity contribution in [3.63, 3.8) is 0 Å². The standard InChI is InChI=1S/C18H11Cl2F2N3O/c19-10-3-1-9(2-4-10)18(26)25-14-8-6-12(17(23)24-14)11-5-7-13(20)16(22)15(11)21/h1-8H,(H3,23,24,25,26). The van der Waals surface area contributed by atoms with Crippen LogP contribution < -0.4 is 11.1 Å². The summed E-state index contributed by atoms with van der Waals surface area (Å²) in [5.41, 5.74) is 6.33. The van der Waals surface area contributed by atoms with E-state index in [1.807, 2.05) is 0 Å². The fourth-order valence-electron chi connectivity index (χ4n) is 2.30. The van der Waals surface area contributed by atoms with Gasteiger partial charge in [-0.2, -0.15) is 0 Å². The zero-order chi connectivity index (χ0) is 18.8. The molecule has 132 valence electrons. The molecule has 4 nitrogen and oxygen atoms in total. The second kappa shape index (κ2) is 7.27. The summed E-state index contributed by atoms with van der Waals surface area (Å²) < 4.78 is 27.7. The number of anilines is 2. The van der Waals surface area contributed by atoms with Crippen LogP contribution in [0, 0.1) is 11.6 Å².